The second-order valence-corrected chi connectivity index (χ2v) is 7.34. The minimum atomic E-state index is -0.637. The number of carbonyl (C=O) groups is 1. The van der Waals surface area contributed by atoms with Crippen molar-refractivity contribution in [1.82, 2.24) is 4.98 Å². The van der Waals surface area contributed by atoms with E-state index in [1.807, 2.05) is 6.07 Å². The van der Waals surface area contributed by atoms with Crippen LogP contribution in [0.4, 0.5) is 5.13 Å². The maximum Gasteiger partial charge on any atom is 0.266 e. The Morgan fingerprint density at radius 3 is 2.63 bits per heavy atom. The summed E-state index contributed by atoms with van der Waals surface area (Å²) < 4.78 is 10.8. The predicted octanol–water partition coefficient (Wildman–Crippen LogP) is 4.46. The second-order valence-electron chi connectivity index (χ2n) is 6.22. The van der Waals surface area contributed by atoms with Crippen molar-refractivity contribution in [3.05, 3.63) is 70.7 Å². The maximum atomic E-state index is 12.4. The van der Waals surface area contributed by atoms with E-state index in [1.165, 1.54) is 22.5 Å². The van der Waals surface area contributed by atoms with Crippen LogP contribution in [0.1, 0.15) is 22.9 Å². The lowest BCUT2D eigenvalue weighted by atomic mass is 10.1. The minimum absolute atomic E-state index is 0.234. The van der Waals surface area contributed by atoms with Crippen molar-refractivity contribution in [2.24, 2.45) is 0 Å². The van der Waals surface area contributed by atoms with E-state index in [1.54, 1.807) is 44.5 Å². The van der Waals surface area contributed by atoms with Crippen LogP contribution in [0.5, 0.6) is 11.5 Å². The molecule has 0 bridgehead atoms. The molecule has 1 heterocycles. The number of rotatable bonds is 7. The highest BCUT2D eigenvalue weighted by Crippen LogP contribution is 2.23. The molecule has 0 aliphatic heterocycles. The van der Waals surface area contributed by atoms with Crippen molar-refractivity contribution in [1.29, 1.82) is 0 Å². The predicted molar refractivity (Wildman–Crippen MR) is 108 cm³/mol. The maximum absolute atomic E-state index is 12.4. The number of thiazole rings is 1. The fraction of sp³-hybridized carbons (Fsp3) is 0.238. The van der Waals surface area contributed by atoms with Crippen LogP contribution in [0.15, 0.2) is 54.7 Å². The van der Waals surface area contributed by atoms with E-state index in [4.69, 9.17) is 9.47 Å². The molecule has 1 N–H and O–H groups in total. The molecule has 3 aromatic rings. The van der Waals surface area contributed by atoms with Crippen molar-refractivity contribution < 1.29 is 14.3 Å². The van der Waals surface area contributed by atoms with E-state index in [-0.39, 0.29) is 5.91 Å². The summed E-state index contributed by atoms with van der Waals surface area (Å²) in [5.74, 6) is 1.11. The van der Waals surface area contributed by atoms with Crippen LogP contribution < -0.4 is 14.8 Å². The molecule has 0 aliphatic carbocycles. The first kappa shape index (κ1) is 18.9. The molecule has 0 fully saturated rings. The molecule has 0 radical (unpaired) electrons. The number of amides is 1. The number of nitrogens with one attached hydrogen (secondary N) is 1. The summed E-state index contributed by atoms with van der Waals surface area (Å²) in [6, 6.07) is 15.5. The lowest BCUT2D eigenvalue weighted by Gasteiger charge is -2.13. The molecule has 6 heteroatoms. The number of aromatic nitrogens is 1. The molecule has 0 saturated carbocycles. The molecule has 140 valence electrons. The van der Waals surface area contributed by atoms with Crippen LogP contribution in [0.25, 0.3) is 0 Å². The lowest BCUT2D eigenvalue weighted by molar-refractivity contribution is -0.122. The van der Waals surface area contributed by atoms with Crippen molar-refractivity contribution in [2.75, 3.05) is 12.4 Å². The van der Waals surface area contributed by atoms with Gasteiger partial charge in [-0.15, -0.1) is 11.3 Å². The Labute approximate surface area is 163 Å². The average molecular weight is 382 g/mol. The van der Waals surface area contributed by atoms with Gasteiger partial charge < -0.3 is 9.47 Å². The van der Waals surface area contributed by atoms with Crippen LogP contribution >= 0.6 is 11.3 Å². The number of hydrogen-bond donors (Lipinski definition) is 1. The van der Waals surface area contributed by atoms with Gasteiger partial charge in [-0.2, -0.15) is 0 Å². The Bertz CT molecular complexity index is 906. The van der Waals surface area contributed by atoms with E-state index in [0.717, 1.165) is 17.0 Å². The molecule has 5 nitrogen and oxygen atoms in total. The minimum Gasteiger partial charge on any atom is -0.497 e. The van der Waals surface area contributed by atoms with Gasteiger partial charge in [-0.3, -0.25) is 10.1 Å². The molecule has 0 spiro atoms. The molecule has 1 aromatic heterocycles. The van der Waals surface area contributed by atoms with E-state index in [0.29, 0.717) is 10.9 Å². The first-order chi connectivity index (χ1) is 13.0. The van der Waals surface area contributed by atoms with Gasteiger partial charge >= 0.3 is 0 Å². The van der Waals surface area contributed by atoms with Crippen molar-refractivity contribution in [2.45, 2.75) is 26.4 Å². The van der Waals surface area contributed by atoms with Crippen molar-refractivity contribution in [3.8, 4) is 11.5 Å². The molecule has 3 rings (SSSR count). The summed E-state index contributed by atoms with van der Waals surface area (Å²) in [5.41, 5.74) is 2.46. The highest BCUT2D eigenvalue weighted by molar-refractivity contribution is 7.15. The molecule has 1 amide bonds. The van der Waals surface area contributed by atoms with E-state index in [2.05, 4.69) is 35.4 Å². The van der Waals surface area contributed by atoms with Crippen LogP contribution in [0.3, 0.4) is 0 Å². The number of ether oxygens (including phenoxy) is 2. The summed E-state index contributed by atoms with van der Waals surface area (Å²) in [4.78, 5) is 17.8. The van der Waals surface area contributed by atoms with Crippen LogP contribution in [0, 0.1) is 6.92 Å². The zero-order chi connectivity index (χ0) is 19.2. The monoisotopic (exact) mass is 382 g/mol. The lowest BCUT2D eigenvalue weighted by Crippen LogP contribution is -2.30. The number of nitrogens with zero attached hydrogens (tertiary/aromatic N) is 1. The Morgan fingerprint density at radius 2 is 1.93 bits per heavy atom. The Kier molecular flexibility index (Phi) is 6.08. The first-order valence-electron chi connectivity index (χ1n) is 8.65. The molecule has 2 aromatic carbocycles. The molecule has 27 heavy (non-hydrogen) atoms. The van der Waals surface area contributed by atoms with E-state index in [9.17, 15) is 4.79 Å². The van der Waals surface area contributed by atoms with Gasteiger partial charge in [-0.1, -0.05) is 29.8 Å². The molecular formula is C21H22N2O3S. The number of methoxy groups -OCH3 is 1. The molecule has 0 aliphatic rings. The largest absolute Gasteiger partial charge is 0.497 e. The quantitative estimate of drug-likeness (QED) is 0.655. The van der Waals surface area contributed by atoms with Gasteiger partial charge in [0.15, 0.2) is 11.2 Å². The molecular weight excluding hydrogens is 360 g/mol. The SMILES string of the molecule is COc1ccc(OC(C)C(=O)Nc2ncc(Cc3cccc(C)c3)s2)cc1. The topological polar surface area (TPSA) is 60.5 Å². The van der Waals surface area contributed by atoms with Crippen LogP contribution in [-0.2, 0) is 11.2 Å². The van der Waals surface area contributed by atoms with E-state index < -0.39 is 6.10 Å². The van der Waals surface area contributed by atoms with Gasteiger partial charge in [0.05, 0.1) is 7.11 Å². The summed E-state index contributed by atoms with van der Waals surface area (Å²) >= 11 is 1.48. The number of carbonyl (C=O) groups excluding carboxylic acids is 1. The van der Waals surface area contributed by atoms with Gasteiger partial charge in [-0.05, 0) is 43.7 Å². The smallest absolute Gasteiger partial charge is 0.266 e. The fourth-order valence-electron chi connectivity index (χ4n) is 2.59. The summed E-state index contributed by atoms with van der Waals surface area (Å²) in [6.45, 7) is 3.78. The fourth-order valence-corrected chi connectivity index (χ4v) is 3.44. The molecule has 0 saturated heterocycles. The van der Waals surface area contributed by atoms with Gasteiger partial charge in [-0.25, -0.2) is 4.98 Å². The second kappa shape index (κ2) is 8.68. The molecule has 1 unspecified atom stereocenters. The Balaban J connectivity index is 1.56. The average Bonchev–Trinajstić information content (AvgIpc) is 3.09. The van der Waals surface area contributed by atoms with Crippen LogP contribution in [0.2, 0.25) is 0 Å². The summed E-state index contributed by atoms with van der Waals surface area (Å²) in [5, 5.41) is 3.40. The number of benzene rings is 2. The highest BCUT2D eigenvalue weighted by Gasteiger charge is 2.16. The first-order valence-corrected chi connectivity index (χ1v) is 9.47. The third-order valence-corrected chi connectivity index (χ3v) is 4.90. The third kappa shape index (κ3) is 5.31. The standard InChI is InChI=1S/C21H22N2O3S/c1-14-5-4-6-16(11-14)12-19-13-22-21(27-19)23-20(24)15(2)26-18-9-7-17(25-3)8-10-18/h4-11,13,15H,12H2,1-3H3,(H,22,23,24). The summed E-state index contributed by atoms with van der Waals surface area (Å²) in [6.07, 6.45) is 1.97. The Hall–Kier alpha value is -2.86. The van der Waals surface area contributed by atoms with Crippen LogP contribution in [-0.4, -0.2) is 24.1 Å². The van der Waals surface area contributed by atoms with Gasteiger partial charge in [0.25, 0.3) is 5.91 Å². The zero-order valence-corrected chi connectivity index (χ0v) is 16.4. The number of anilines is 1. The van der Waals surface area contributed by atoms with Crippen molar-refractivity contribution >= 4 is 22.4 Å². The van der Waals surface area contributed by atoms with Gasteiger partial charge in [0.2, 0.25) is 0 Å². The normalized spacial score (nSPS) is 11.7. The van der Waals surface area contributed by atoms with E-state index >= 15 is 0 Å². The zero-order valence-electron chi connectivity index (χ0n) is 15.6. The third-order valence-electron chi connectivity index (χ3n) is 3.99. The molecule has 1 atom stereocenters. The van der Waals surface area contributed by atoms with Gasteiger partial charge in [0.1, 0.15) is 11.5 Å². The van der Waals surface area contributed by atoms with Gasteiger partial charge in [0, 0.05) is 17.5 Å². The van der Waals surface area contributed by atoms with Crippen molar-refractivity contribution in [3.63, 3.8) is 0 Å². The summed E-state index contributed by atoms with van der Waals surface area (Å²) in [7, 11) is 1.60. The highest BCUT2D eigenvalue weighted by atomic mass is 32.1. The number of aryl methyl sites for hydroxylation is 1. The Morgan fingerprint density at radius 1 is 1.19 bits per heavy atom. The number of hydrogen-bond acceptors (Lipinski definition) is 5.